The van der Waals surface area contributed by atoms with Crippen molar-refractivity contribution in [3.8, 4) is 0 Å². The third-order valence-electron chi connectivity index (χ3n) is 4.81. The first kappa shape index (κ1) is 21.5. The first-order valence-corrected chi connectivity index (χ1v) is 9.88. The maximum atomic E-state index is 13.0. The Morgan fingerprint density at radius 3 is 2.53 bits per heavy atom. The van der Waals surface area contributed by atoms with Crippen LogP contribution in [-0.4, -0.2) is 40.0 Å². The van der Waals surface area contributed by atoms with Crippen molar-refractivity contribution in [2.24, 2.45) is 0 Å². The molecule has 3 N–H and O–H groups in total. The summed E-state index contributed by atoms with van der Waals surface area (Å²) in [7, 11) is 1.41. The molecule has 2 heterocycles. The highest BCUT2D eigenvalue weighted by molar-refractivity contribution is 5.68. The Hall–Kier alpha value is -3.23. The number of rotatable bonds is 4. The van der Waals surface area contributed by atoms with Crippen LogP contribution in [0.2, 0.25) is 0 Å². The Bertz CT molecular complexity index is 979. The zero-order chi connectivity index (χ0) is 22.1. The van der Waals surface area contributed by atoms with Gasteiger partial charge in [0.15, 0.2) is 0 Å². The van der Waals surface area contributed by atoms with Crippen molar-refractivity contribution in [1.82, 2.24) is 14.6 Å². The molecule has 1 aromatic carbocycles. The van der Waals surface area contributed by atoms with Gasteiger partial charge in [-0.25, -0.2) is 9.78 Å². The summed E-state index contributed by atoms with van der Waals surface area (Å²) in [6.45, 7) is 7.94. The van der Waals surface area contributed by atoms with Crippen molar-refractivity contribution >= 4 is 17.7 Å². The third-order valence-corrected chi connectivity index (χ3v) is 4.81. The summed E-state index contributed by atoms with van der Waals surface area (Å²) in [6.07, 6.45) is 0.00921. The topological polar surface area (TPSA) is 112 Å². The van der Waals surface area contributed by atoms with Crippen molar-refractivity contribution in [3.05, 3.63) is 51.4 Å². The highest BCUT2D eigenvalue weighted by atomic mass is 16.7. The summed E-state index contributed by atoms with van der Waals surface area (Å²) in [5.74, 6) is 0.316. The van der Waals surface area contributed by atoms with Crippen LogP contribution in [0.3, 0.4) is 0 Å². The monoisotopic (exact) mass is 415 g/mol. The van der Waals surface area contributed by atoms with Crippen LogP contribution in [0, 0.1) is 0 Å². The van der Waals surface area contributed by atoms with Crippen LogP contribution in [0.25, 0.3) is 0 Å². The second kappa shape index (κ2) is 8.25. The molecule has 1 amide bonds. The number of anilines is 2. The molecule has 0 saturated carbocycles. The zero-order valence-corrected chi connectivity index (χ0v) is 18.1. The Labute approximate surface area is 175 Å². The van der Waals surface area contributed by atoms with Crippen molar-refractivity contribution in [2.75, 3.05) is 24.7 Å². The lowest BCUT2D eigenvalue weighted by molar-refractivity contribution is 0.0219. The van der Waals surface area contributed by atoms with Crippen molar-refractivity contribution in [3.63, 3.8) is 0 Å². The van der Waals surface area contributed by atoms with Crippen molar-refractivity contribution in [2.45, 2.75) is 52.3 Å². The van der Waals surface area contributed by atoms with Gasteiger partial charge in [-0.2, -0.15) is 0 Å². The molecule has 0 aliphatic carbocycles. The molecule has 0 saturated heterocycles. The molecule has 1 aromatic heterocycles. The molecule has 30 heavy (non-hydrogen) atoms. The van der Waals surface area contributed by atoms with Crippen LogP contribution in [0.4, 0.5) is 16.4 Å². The van der Waals surface area contributed by atoms with Gasteiger partial charge in [-0.1, -0.05) is 12.1 Å². The average Bonchev–Trinajstić information content (AvgIpc) is 2.67. The maximum Gasteiger partial charge on any atom is 0.410 e. The minimum absolute atomic E-state index is 0.126. The number of ether oxygens (including phenoxy) is 1. The highest BCUT2D eigenvalue weighted by Crippen LogP contribution is 2.22. The van der Waals surface area contributed by atoms with Crippen LogP contribution >= 0.6 is 0 Å². The molecule has 9 nitrogen and oxygen atoms in total. The molecule has 1 atom stereocenters. The van der Waals surface area contributed by atoms with Crippen molar-refractivity contribution in [1.29, 1.82) is 0 Å². The van der Waals surface area contributed by atoms with Crippen molar-refractivity contribution < 1.29 is 14.4 Å². The van der Waals surface area contributed by atoms with E-state index in [1.54, 1.807) is 0 Å². The Kier molecular flexibility index (Phi) is 5.91. The largest absolute Gasteiger partial charge is 0.444 e. The van der Waals surface area contributed by atoms with E-state index in [-0.39, 0.29) is 18.1 Å². The number of hydrogen-bond acceptors (Lipinski definition) is 7. The second-order valence-corrected chi connectivity index (χ2v) is 8.33. The van der Waals surface area contributed by atoms with E-state index in [0.29, 0.717) is 35.9 Å². The van der Waals surface area contributed by atoms with Gasteiger partial charge in [0.1, 0.15) is 12.7 Å². The number of carbonyl (C=O) groups excluding carboxylic acids is 1. The third kappa shape index (κ3) is 4.67. The lowest BCUT2D eigenvalue weighted by Crippen LogP contribution is -2.44. The zero-order valence-electron chi connectivity index (χ0n) is 18.1. The predicted octanol–water partition coefficient (Wildman–Crippen LogP) is 2.35. The maximum absolute atomic E-state index is 13.0. The smallest absolute Gasteiger partial charge is 0.410 e. The summed E-state index contributed by atoms with van der Waals surface area (Å²) in [5.41, 5.74) is 7.56. The summed E-state index contributed by atoms with van der Waals surface area (Å²) in [4.78, 5) is 36.9. The molecule has 0 fully saturated rings. The van der Waals surface area contributed by atoms with Gasteiger partial charge in [-0.15, -0.1) is 4.73 Å². The van der Waals surface area contributed by atoms with Gasteiger partial charge >= 0.3 is 6.09 Å². The van der Waals surface area contributed by atoms with Crippen LogP contribution in [0.5, 0.6) is 0 Å². The van der Waals surface area contributed by atoms with Gasteiger partial charge < -0.3 is 25.5 Å². The van der Waals surface area contributed by atoms with Crippen LogP contribution < -0.4 is 21.4 Å². The minimum Gasteiger partial charge on any atom is -0.444 e. The Morgan fingerprint density at radius 2 is 1.93 bits per heavy atom. The number of fused-ring (bicyclic) bond motifs is 1. The molecule has 2 aromatic rings. The van der Waals surface area contributed by atoms with Gasteiger partial charge in [0.25, 0.3) is 5.56 Å². The second-order valence-electron chi connectivity index (χ2n) is 8.33. The lowest BCUT2D eigenvalue weighted by Gasteiger charge is -2.31. The number of hydrogen-bond donors (Lipinski definition) is 2. The molecule has 0 bridgehead atoms. The number of carbonyl (C=O) groups is 1. The molecular weight excluding hydrogens is 386 g/mol. The predicted molar refractivity (Wildman–Crippen MR) is 114 cm³/mol. The van der Waals surface area contributed by atoms with Crippen LogP contribution in [-0.2, 0) is 17.7 Å². The van der Waals surface area contributed by atoms with E-state index in [1.165, 1.54) is 12.0 Å². The van der Waals surface area contributed by atoms with E-state index in [1.807, 2.05) is 52.0 Å². The molecule has 3 rings (SSSR count). The van der Waals surface area contributed by atoms with E-state index in [0.717, 1.165) is 10.3 Å². The Balaban J connectivity index is 1.86. The van der Waals surface area contributed by atoms with Gasteiger partial charge in [0.2, 0.25) is 5.95 Å². The first-order valence-electron chi connectivity index (χ1n) is 9.88. The quantitative estimate of drug-likeness (QED) is 0.737. The molecular formula is C21H29N5O4. The summed E-state index contributed by atoms with van der Waals surface area (Å²) in [6, 6.07) is 7.35. The molecule has 1 unspecified atom stereocenters. The number of nitrogens with two attached hydrogens (primary N) is 1. The summed E-state index contributed by atoms with van der Waals surface area (Å²) >= 11 is 0. The number of nitrogen functional groups attached to an aromatic ring is 1. The van der Waals surface area contributed by atoms with E-state index in [9.17, 15) is 9.59 Å². The average molecular weight is 415 g/mol. The number of amides is 1. The molecule has 0 radical (unpaired) electrons. The van der Waals surface area contributed by atoms with E-state index in [2.05, 4.69) is 10.3 Å². The van der Waals surface area contributed by atoms with Crippen LogP contribution in [0.1, 0.15) is 50.6 Å². The lowest BCUT2D eigenvalue weighted by atomic mass is 10.1. The van der Waals surface area contributed by atoms with Gasteiger partial charge in [-0.3, -0.25) is 4.79 Å². The number of nitrogens with zero attached hydrogens (tertiary/aromatic N) is 3. The SMILES string of the molecule is COn1c(NC(C)c2ccc(N)cc2)nc2c(c1=O)CN(C(=O)OC(C)(C)C)CC2. The van der Waals surface area contributed by atoms with Gasteiger partial charge in [0, 0.05) is 18.7 Å². The molecule has 0 spiro atoms. The standard InChI is InChI=1S/C21H29N5O4/c1-13(14-6-8-15(22)9-7-14)23-19-24-17-10-11-25(20(28)30-21(2,3)4)12-16(17)18(27)26(19)29-5/h6-9,13H,10-12,22H2,1-5H3,(H,23,24). The molecule has 1 aliphatic heterocycles. The van der Waals surface area contributed by atoms with E-state index >= 15 is 0 Å². The van der Waals surface area contributed by atoms with Crippen LogP contribution in [0.15, 0.2) is 29.1 Å². The van der Waals surface area contributed by atoms with E-state index in [4.69, 9.17) is 15.3 Å². The number of aromatic nitrogens is 2. The number of nitrogens with one attached hydrogen (secondary N) is 1. The Morgan fingerprint density at radius 1 is 1.27 bits per heavy atom. The number of benzene rings is 1. The molecule has 1 aliphatic rings. The van der Waals surface area contributed by atoms with E-state index < -0.39 is 11.7 Å². The summed E-state index contributed by atoms with van der Waals surface area (Å²) in [5, 5.41) is 3.23. The summed E-state index contributed by atoms with van der Waals surface area (Å²) < 4.78 is 6.54. The fourth-order valence-corrected chi connectivity index (χ4v) is 3.26. The first-order chi connectivity index (χ1) is 14.1. The molecule has 9 heteroatoms. The normalized spacial score (nSPS) is 14.6. The van der Waals surface area contributed by atoms with Gasteiger partial charge in [-0.05, 0) is 45.4 Å². The highest BCUT2D eigenvalue weighted by Gasteiger charge is 2.29. The minimum atomic E-state index is -0.603. The fourth-order valence-electron chi connectivity index (χ4n) is 3.26. The van der Waals surface area contributed by atoms with Gasteiger partial charge in [0.05, 0.1) is 23.8 Å². The fraction of sp³-hybridized carbons (Fsp3) is 0.476. The molecule has 162 valence electrons.